The summed E-state index contributed by atoms with van der Waals surface area (Å²) in [6.45, 7) is 2.05. The maximum Gasteiger partial charge on any atom is 0.114 e. The highest BCUT2D eigenvalue weighted by atomic mass is 32.1. The van der Waals surface area contributed by atoms with Gasteiger partial charge in [0.1, 0.15) is 4.99 Å². The summed E-state index contributed by atoms with van der Waals surface area (Å²) in [5, 5.41) is 11.3. The Hall–Kier alpha value is -2.11. The smallest absolute Gasteiger partial charge is 0.114 e. The van der Waals surface area contributed by atoms with E-state index in [0.29, 0.717) is 0 Å². The standard InChI is InChI=1S/C19H19N3S2/c1-13-18(11-14-3-7-16(20-2)8-4-14)19(24)22(21-13)17-9-5-15(12-23)6-10-17/h3-10,12,18,20H,11H2,1-2H3. The van der Waals surface area contributed by atoms with Crippen molar-refractivity contribution in [2.24, 2.45) is 11.0 Å². The van der Waals surface area contributed by atoms with Gasteiger partial charge in [-0.15, -0.1) is 0 Å². The fourth-order valence-electron chi connectivity index (χ4n) is 2.76. The molecule has 0 saturated heterocycles. The molecule has 3 nitrogen and oxygen atoms in total. The van der Waals surface area contributed by atoms with Crippen LogP contribution in [-0.4, -0.2) is 23.1 Å². The van der Waals surface area contributed by atoms with Crippen LogP contribution in [0.2, 0.25) is 0 Å². The van der Waals surface area contributed by atoms with Gasteiger partial charge in [-0.25, -0.2) is 5.01 Å². The van der Waals surface area contributed by atoms with Gasteiger partial charge in [-0.3, -0.25) is 0 Å². The molecule has 24 heavy (non-hydrogen) atoms. The number of anilines is 2. The second-order valence-corrected chi connectivity index (χ2v) is 6.46. The fourth-order valence-corrected chi connectivity index (χ4v) is 3.32. The minimum Gasteiger partial charge on any atom is -0.388 e. The largest absolute Gasteiger partial charge is 0.388 e. The van der Waals surface area contributed by atoms with Crippen molar-refractivity contribution in [3.05, 3.63) is 59.7 Å². The Morgan fingerprint density at radius 1 is 1.12 bits per heavy atom. The summed E-state index contributed by atoms with van der Waals surface area (Å²) >= 11 is 10.7. The zero-order valence-corrected chi connectivity index (χ0v) is 15.3. The highest BCUT2D eigenvalue weighted by Gasteiger charge is 2.30. The third kappa shape index (κ3) is 3.37. The Balaban J connectivity index is 1.77. The van der Waals surface area contributed by atoms with Crippen molar-refractivity contribution in [3.8, 4) is 0 Å². The van der Waals surface area contributed by atoms with Crippen molar-refractivity contribution >= 4 is 51.9 Å². The summed E-state index contributed by atoms with van der Waals surface area (Å²) in [7, 11) is 1.92. The van der Waals surface area contributed by atoms with Gasteiger partial charge in [0.05, 0.1) is 11.6 Å². The van der Waals surface area contributed by atoms with Crippen LogP contribution in [0.4, 0.5) is 11.4 Å². The molecule has 0 bridgehead atoms. The third-order valence-corrected chi connectivity index (χ3v) is 4.95. The van der Waals surface area contributed by atoms with Crippen LogP contribution in [0.25, 0.3) is 0 Å². The van der Waals surface area contributed by atoms with Gasteiger partial charge in [0.15, 0.2) is 0 Å². The van der Waals surface area contributed by atoms with Crippen LogP contribution in [0.3, 0.4) is 0 Å². The monoisotopic (exact) mass is 353 g/mol. The van der Waals surface area contributed by atoms with Gasteiger partial charge >= 0.3 is 0 Å². The molecule has 1 aliphatic heterocycles. The Bertz CT molecular complexity index is 779. The first-order valence-corrected chi connectivity index (χ1v) is 8.71. The summed E-state index contributed by atoms with van der Waals surface area (Å²) in [4.78, 5) is 0.847. The van der Waals surface area contributed by atoms with Crippen LogP contribution in [0.5, 0.6) is 0 Å². The molecule has 1 N–H and O–H groups in total. The normalized spacial score (nSPS) is 16.9. The van der Waals surface area contributed by atoms with E-state index in [4.69, 9.17) is 24.4 Å². The molecule has 2 aromatic rings. The number of hydrogen-bond acceptors (Lipinski definition) is 4. The lowest BCUT2D eigenvalue weighted by Gasteiger charge is -2.17. The molecule has 1 aliphatic rings. The lowest BCUT2D eigenvalue weighted by atomic mass is 9.95. The summed E-state index contributed by atoms with van der Waals surface area (Å²) in [6.07, 6.45) is 0.868. The lowest BCUT2D eigenvalue weighted by molar-refractivity contribution is 0.911. The Morgan fingerprint density at radius 3 is 2.38 bits per heavy atom. The van der Waals surface area contributed by atoms with Crippen molar-refractivity contribution in [2.75, 3.05) is 17.4 Å². The number of nitrogens with one attached hydrogen (secondary N) is 1. The summed E-state index contributed by atoms with van der Waals surface area (Å²) < 4.78 is 0. The third-order valence-electron chi connectivity index (χ3n) is 4.23. The van der Waals surface area contributed by atoms with Crippen molar-refractivity contribution in [3.63, 3.8) is 0 Å². The van der Waals surface area contributed by atoms with Crippen molar-refractivity contribution in [1.82, 2.24) is 0 Å². The minimum atomic E-state index is 0.158. The second-order valence-electron chi connectivity index (χ2n) is 5.80. The average Bonchev–Trinajstić information content (AvgIpc) is 2.90. The van der Waals surface area contributed by atoms with Gasteiger partial charge in [-0.2, -0.15) is 5.10 Å². The van der Waals surface area contributed by atoms with E-state index in [1.165, 1.54) is 5.56 Å². The van der Waals surface area contributed by atoms with Gasteiger partial charge in [0, 0.05) is 23.8 Å². The molecule has 3 rings (SSSR count). The molecular formula is C19H19N3S2. The predicted octanol–water partition coefficient (Wildman–Crippen LogP) is 4.46. The van der Waals surface area contributed by atoms with Gasteiger partial charge < -0.3 is 5.32 Å². The van der Waals surface area contributed by atoms with E-state index in [1.54, 1.807) is 5.37 Å². The zero-order valence-electron chi connectivity index (χ0n) is 13.7. The number of hydrazone groups is 1. The number of thiocarbonyl (C=S) groups is 2. The highest BCUT2D eigenvalue weighted by molar-refractivity contribution is 7.80. The molecule has 0 amide bonds. The molecular weight excluding hydrogens is 334 g/mol. The molecule has 0 aromatic heterocycles. The topological polar surface area (TPSA) is 27.6 Å². The number of hydrogen-bond donors (Lipinski definition) is 1. The molecule has 0 spiro atoms. The summed E-state index contributed by atoms with van der Waals surface area (Å²) in [6, 6.07) is 16.4. The van der Waals surface area contributed by atoms with Crippen LogP contribution in [0, 0.1) is 5.92 Å². The molecule has 0 fully saturated rings. The second kappa shape index (κ2) is 7.20. The first kappa shape index (κ1) is 16.7. The van der Waals surface area contributed by atoms with Crippen LogP contribution >= 0.6 is 24.4 Å². The Labute approximate surface area is 153 Å². The molecule has 0 aliphatic carbocycles. The molecule has 0 radical (unpaired) electrons. The van der Waals surface area contributed by atoms with Crippen molar-refractivity contribution < 1.29 is 0 Å². The van der Waals surface area contributed by atoms with Gasteiger partial charge in [0.25, 0.3) is 0 Å². The summed E-state index contributed by atoms with van der Waals surface area (Å²) in [5.74, 6) is 0.158. The quantitative estimate of drug-likeness (QED) is 0.803. The highest BCUT2D eigenvalue weighted by Crippen LogP contribution is 2.27. The van der Waals surface area contributed by atoms with Crippen LogP contribution in [0.1, 0.15) is 18.1 Å². The molecule has 2 aromatic carbocycles. The van der Waals surface area contributed by atoms with Crippen molar-refractivity contribution in [2.45, 2.75) is 13.3 Å². The average molecular weight is 354 g/mol. The fraction of sp³-hybridized carbons (Fsp3) is 0.211. The number of nitrogens with zero attached hydrogens (tertiary/aromatic N) is 2. The molecule has 1 atom stereocenters. The molecule has 1 heterocycles. The van der Waals surface area contributed by atoms with Crippen LogP contribution in [-0.2, 0) is 6.42 Å². The zero-order chi connectivity index (χ0) is 17.1. The molecule has 5 heteroatoms. The van der Waals surface area contributed by atoms with E-state index in [9.17, 15) is 0 Å². The van der Waals surface area contributed by atoms with Gasteiger partial charge in [-0.05, 0) is 48.7 Å². The molecule has 0 saturated carbocycles. The predicted molar refractivity (Wildman–Crippen MR) is 111 cm³/mol. The number of rotatable bonds is 5. The Kier molecular flexibility index (Phi) is 5.02. The SMILES string of the molecule is CNc1ccc(CC2C(=S)N(c3ccc(C=S)cc3)N=C2C)cc1. The van der Waals surface area contributed by atoms with Gasteiger partial charge in [-0.1, -0.05) is 48.7 Å². The van der Waals surface area contributed by atoms with Crippen LogP contribution < -0.4 is 10.3 Å². The van der Waals surface area contributed by atoms with E-state index in [0.717, 1.165) is 34.1 Å². The van der Waals surface area contributed by atoms with E-state index in [2.05, 4.69) is 34.7 Å². The van der Waals surface area contributed by atoms with Crippen molar-refractivity contribution in [1.29, 1.82) is 0 Å². The Morgan fingerprint density at radius 2 is 1.79 bits per heavy atom. The number of benzene rings is 2. The first-order chi connectivity index (χ1) is 11.6. The molecule has 122 valence electrons. The maximum atomic E-state index is 5.70. The maximum absolute atomic E-state index is 5.70. The minimum absolute atomic E-state index is 0.158. The summed E-state index contributed by atoms with van der Waals surface area (Å²) in [5.41, 5.74) is 5.41. The van der Waals surface area contributed by atoms with E-state index < -0.39 is 0 Å². The van der Waals surface area contributed by atoms with E-state index in [1.807, 2.05) is 43.2 Å². The lowest BCUT2D eigenvalue weighted by Crippen LogP contribution is -2.26. The van der Waals surface area contributed by atoms with E-state index >= 15 is 0 Å². The van der Waals surface area contributed by atoms with E-state index in [-0.39, 0.29) is 5.92 Å². The van der Waals surface area contributed by atoms with Crippen LogP contribution in [0.15, 0.2) is 53.6 Å². The molecule has 1 unspecified atom stereocenters. The first-order valence-electron chi connectivity index (χ1n) is 7.83. The van der Waals surface area contributed by atoms with Gasteiger partial charge in [0.2, 0.25) is 0 Å².